The average molecular weight is 302 g/mol. The molecule has 0 amide bonds. The van der Waals surface area contributed by atoms with Gasteiger partial charge in [-0.1, -0.05) is 36.4 Å². The van der Waals surface area contributed by atoms with E-state index in [1.165, 1.54) is 5.56 Å². The maximum absolute atomic E-state index is 9.47. The quantitative estimate of drug-likeness (QED) is 0.825. The summed E-state index contributed by atoms with van der Waals surface area (Å²) in [6, 6.07) is 16.5. The fourth-order valence-electron chi connectivity index (χ4n) is 2.35. The highest BCUT2D eigenvalue weighted by Gasteiger charge is 2.22. The van der Waals surface area contributed by atoms with Gasteiger partial charge in [0.1, 0.15) is 0 Å². The van der Waals surface area contributed by atoms with Crippen molar-refractivity contribution in [3.05, 3.63) is 66.0 Å². The number of hydrogen-bond donors (Lipinski definition) is 2. The van der Waals surface area contributed by atoms with Crippen LogP contribution in [0, 0.1) is 0 Å². The molecule has 0 aliphatic heterocycles. The van der Waals surface area contributed by atoms with Gasteiger partial charge in [-0.05, 0) is 30.9 Å². The van der Waals surface area contributed by atoms with Gasteiger partial charge in [-0.25, -0.2) is 0 Å². The molecule has 2 rings (SSSR count). The van der Waals surface area contributed by atoms with Crippen molar-refractivity contribution in [3.8, 4) is 0 Å². The number of aliphatic hydroxyl groups is 1. The summed E-state index contributed by atoms with van der Waals surface area (Å²) in [5.74, 6) is 0. The molecule has 1 aromatic heterocycles. The molecule has 0 fully saturated rings. The largest absolute Gasteiger partial charge is 0.395 e. The number of thioether (sulfide) groups is 1. The highest BCUT2D eigenvalue weighted by atomic mass is 32.2. The Morgan fingerprint density at radius 1 is 1.14 bits per heavy atom. The highest BCUT2D eigenvalue weighted by molar-refractivity contribution is 7.99. The molecule has 0 saturated carbocycles. The van der Waals surface area contributed by atoms with E-state index in [1.807, 2.05) is 48.9 Å². The van der Waals surface area contributed by atoms with Crippen molar-refractivity contribution in [2.75, 3.05) is 12.9 Å². The Kier molecular flexibility index (Phi) is 6.23. The first-order chi connectivity index (χ1) is 10.3. The maximum Gasteiger partial charge on any atom is 0.0753 e. The van der Waals surface area contributed by atoms with E-state index in [9.17, 15) is 5.11 Å². The molecule has 21 heavy (non-hydrogen) atoms. The van der Waals surface area contributed by atoms with Gasteiger partial charge in [0.15, 0.2) is 0 Å². The first-order valence-electron chi connectivity index (χ1n) is 7.11. The molecule has 0 radical (unpaired) electrons. The predicted molar refractivity (Wildman–Crippen MR) is 89.5 cm³/mol. The van der Waals surface area contributed by atoms with Crippen LogP contribution in [0.4, 0.5) is 0 Å². The Hall–Kier alpha value is -1.36. The zero-order valence-electron chi connectivity index (χ0n) is 12.4. The van der Waals surface area contributed by atoms with Crippen molar-refractivity contribution in [3.63, 3.8) is 0 Å². The van der Waals surface area contributed by atoms with Crippen molar-refractivity contribution < 1.29 is 5.11 Å². The third-order valence-corrected chi connectivity index (χ3v) is 4.75. The molecule has 2 N–H and O–H groups in total. The van der Waals surface area contributed by atoms with E-state index in [2.05, 4.69) is 29.4 Å². The van der Waals surface area contributed by atoms with E-state index >= 15 is 0 Å². The van der Waals surface area contributed by atoms with Crippen LogP contribution >= 0.6 is 11.8 Å². The van der Waals surface area contributed by atoms with Gasteiger partial charge < -0.3 is 10.4 Å². The zero-order valence-corrected chi connectivity index (χ0v) is 13.3. The monoisotopic (exact) mass is 302 g/mol. The minimum atomic E-state index is 0.0311. The molecule has 4 heteroatoms. The third kappa shape index (κ3) is 4.30. The van der Waals surface area contributed by atoms with Crippen LogP contribution in [-0.2, 0) is 0 Å². The summed E-state index contributed by atoms with van der Waals surface area (Å²) in [4.78, 5) is 4.49. The lowest BCUT2D eigenvalue weighted by atomic mass is 10.0. The molecule has 3 nitrogen and oxygen atoms in total. The summed E-state index contributed by atoms with van der Waals surface area (Å²) in [5, 5.41) is 13.2. The molecule has 112 valence electrons. The van der Waals surface area contributed by atoms with Crippen LogP contribution in [0.5, 0.6) is 0 Å². The van der Waals surface area contributed by atoms with Gasteiger partial charge in [0, 0.05) is 17.5 Å². The summed E-state index contributed by atoms with van der Waals surface area (Å²) >= 11 is 1.68. The predicted octanol–water partition coefficient (Wildman–Crippen LogP) is 2.87. The number of aliphatic hydroxyl groups excluding tert-OH is 1. The van der Waals surface area contributed by atoms with Gasteiger partial charge in [-0.3, -0.25) is 4.98 Å². The molecule has 1 aromatic carbocycles. The molecule has 0 aliphatic carbocycles. The molecule has 0 bridgehead atoms. The molecule has 3 atom stereocenters. The molecular formula is C17H22N2OS. The number of rotatable bonds is 7. The SMILES string of the molecule is CSC(CO)C(C)NC(c1ccccc1)c1ccccn1. The van der Waals surface area contributed by atoms with Crippen LogP contribution in [-0.4, -0.2) is 34.2 Å². The molecule has 0 spiro atoms. The molecule has 3 unspecified atom stereocenters. The number of benzene rings is 1. The number of nitrogens with one attached hydrogen (secondary N) is 1. The number of nitrogens with zero attached hydrogens (tertiary/aromatic N) is 1. The number of aromatic nitrogens is 1. The smallest absolute Gasteiger partial charge is 0.0753 e. The van der Waals surface area contributed by atoms with Crippen molar-refractivity contribution in [1.82, 2.24) is 10.3 Å². The lowest BCUT2D eigenvalue weighted by Crippen LogP contribution is -2.40. The van der Waals surface area contributed by atoms with Gasteiger partial charge in [0.25, 0.3) is 0 Å². The van der Waals surface area contributed by atoms with E-state index in [1.54, 1.807) is 11.8 Å². The number of pyridine rings is 1. The zero-order chi connectivity index (χ0) is 15.1. The van der Waals surface area contributed by atoms with Gasteiger partial charge in [0.2, 0.25) is 0 Å². The topological polar surface area (TPSA) is 45.1 Å². The summed E-state index contributed by atoms with van der Waals surface area (Å²) in [6.45, 7) is 2.27. The van der Waals surface area contributed by atoms with E-state index in [0.29, 0.717) is 0 Å². The minimum absolute atomic E-state index is 0.0311. The Morgan fingerprint density at radius 3 is 2.43 bits per heavy atom. The number of hydrogen-bond acceptors (Lipinski definition) is 4. The molecule has 2 aromatic rings. The lowest BCUT2D eigenvalue weighted by molar-refractivity contribution is 0.272. The lowest BCUT2D eigenvalue weighted by Gasteiger charge is -2.27. The Labute approximate surface area is 130 Å². The van der Waals surface area contributed by atoms with Crippen LogP contribution < -0.4 is 5.32 Å². The van der Waals surface area contributed by atoms with Crippen molar-refractivity contribution in [2.45, 2.75) is 24.3 Å². The molecule has 1 heterocycles. The Balaban J connectivity index is 2.25. The van der Waals surface area contributed by atoms with E-state index in [0.717, 1.165) is 5.69 Å². The first kappa shape index (κ1) is 16.0. The van der Waals surface area contributed by atoms with E-state index < -0.39 is 0 Å². The fourth-order valence-corrected chi connectivity index (χ4v) is 2.99. The molecule has 0 aliphatic rings. The molecule has 0 saturated heterocycles. The van der Waals surface area contributed by atoms with Crippen LogP contribution in [0.1, 0.15) is 24.2 Å². The third-order valence-electron chi connectivity index (χ3n) is 3.59. The normalized spacial score (nSPS) is 15.4. The van der Waals surface area contributed by atoms with Crippen molar-refractivity contribution >= 4 is 11.8 Å². The van der Waals surface area contributed by atoms with Gasteiger partial charge >= 0.3 is 0 Å². The second-order valence-corrected chi connectivity index (χ2v) is 6.09. The van der Waals surface area contributed by atoms with Crippen LogP contribution in [0.3, 0.4) is 0 Å². The Bertz CT molecular complexity index is 477. The summed E-state index contributed by atoms with van der Waals surface area (Å²) < 4.78 is 0. The second-order valence-electron chi connectivity index (χ2n) is 5.01. The Morgan fingerprint density at radius 2 is 1.86 bits per heavy atom. The van der Waals surface area contributed by atoms with Crippen molar-refractivity contribution in [2.24, 2.45) is 0 Å². The van der Waals surface area contributed by atoms with Gasteiger partial charge in [-0.2, -0.15) is 11.8 Å². The summed E-state index contributed by atoms with van der Waals surface area (Å²) in [6.07, 6.45) is 3.84. The van der Waals surface area contributed by atoms with Crippen LogP contribution in [0.15, 0.2) is 54.7 Å². The van der Waals surface area contributed by atoms with Gasteiger partial charge in [0.05, 0.1) is 18.3 Å². The van der Waals surface area contributed by atoms with Crippen LogP contribution in [0.25, 0.3) is 0 Å². The standard InChI is InChI=1S/C17H22N2OS/c1-13(16(12-20)21-2)19-17(14-8-4-3-5-9-14)15-10-6-7-11-18-15/h3-11,13,16-17,19-20H,12H2,1-2H3. The second kappa shape index (κ2) is 8.17. The van der Waals surface area contributed by atoms with E-state index in [4.69, 9.17) is 0 Å². The summed E-state index contributed by atoms with van der Waals surface area (Å²) in [7, 11) is 0. The minimum Gasteiger partial charge on any atom is -0.395 e. The van der Waals surface area contributed by atoms with Crippen molar-refractivity contribution in [1.29, 1.82) is 0 Å². The first-order valence-corrected chi connectivity index (χ1v) is 8.40. The molecular weight excluding hydrogens is 280 g/mol. The van der Waals surface area contributed by atoms with E-state index in [-0.39, 0.29) is 23.9 Å². The highest BCUT2D eigenvalue weighted by Crippen LogP contribution is 2.22. The fraction of sp³-hybridized carbons (Fsp3) is 0.353. The summed E-state index contributed by atoms with van der Waals surface area (Å²) in [5.41, 5.74) is 2.18. The van der Waals surface area contributed by atoms with Gasteiger partial charge in [-0.15, -0.1) is 0 Å². The van der Waals surface area contributed by atoms with Crippen LogP contribution in [0.2, 0.25) is 0 Å². The average Bonchev–Trinajstić information content (AvgIpc) is 2.55. The maximum atomic E-state index is 9.47.